The number of pyridine rings is 1. The quantitative estimate of drug-likeness (QED) is 0.109. The molecule has 0 aliphatic carbocycles. The summed E-state index contributed by atoms with van der Waals surface area (Å²) in [5, 5.41) is 12.5. The summed E-state index contributed by atoms with van der Waals surface area (Å²) >= 11 is 5.16. The molecule has 2 aromatic carbocycles. The number of hydrogen-bond donors (Lipinski definition) is 2. The number of nitrogens with zero attached hydrogens (tertiary/aromatic N) is 5. The molecule has 3 heterocycles. The maximum atomic E-state index is 5.94. The molecule has 254 valence electrons. The average Bonchev–Trinajstić information content (AvgIpc) is 3.09. The average molecular weight is 749 g/mol. The normalized spacial score (nSPS) is 13.6. The number of ether oxygens (including phenoxy) is 1. The van der Waals surface area contributed by atoms with Crippen LogP contribution in [0.4, 0.5) is 28.8 Å². The van der Waals surface area contributed by atoms with Gasteiger partial charge in [0.25, 0.3) is 0 Å². The second kappa shape index (κ2) is 17.0. The van der Waals surface area contributed by atoms with Crippen LogP contribution in [0.2, 0.25) is 0 Å². The molecular weight excluding hydrogens is 701 g/mol. The third-order valence-electron chi connectivity index (χ3n) is 8.68. The Morgan fingerprint density at radius 3 is 2.46 bits per heavy atom. The van der Waals surface area contributed by atoms with Crippen molar-refractivity contribution in [3.63, 3.8) is 0 Å². The number of anilines is 5. The van der Waals surface area contributed by atoms with Crippen molar-refractivity contribution in [3.8, 4) is 16.9 Å². The lowest BCUT2D eigenvalue weighted by Gasteiger charge is -2.40. The van der Waals surface area contributed by atoms with Crippen molar-refractivity contribution in [1.29, 1.82) is 0 Å². The van der Waals surface area contributed by atoms with E-state index in [1.165, 1.54) is 55.8 Å². The monoisotopic (exact) mass is 747 g/mol. The highest BCUT2D eigenvalue weighted by molar-refractivity contribution is 9.10. The number of rotatable bonds is 12. The van der Waals surface area contributed by atoms with Crippen LogP contribution in [0.25, 0.3) is 10.9 Å². The van der Waals surface area contributed by atoms with E-state index in [9.17, 15) is 0 Å². The Morgan fingerprint density at radius 1 is 1.04 bits per heavy atom. The number of hydrogen-bond acceptors (Lipinski definition) is 9. The largest absolute Gasteiger partial charge is 0.495 e. The summed E-state index contributed by atoms with van der Waals surface area (Å²) < 4.78 is 6.72. The lowest BCUT2D eigenvalue weighted by molar-refractivity contribution is 0.169. The number of aromatic nitrogens is 3. The molecule has 1 fully saturated rings. The molecule has 0 unspecified atom stereocenters. The van der Waals surface area contributed by atoms with E-state index < -0.39 is 7.92 Å². The summed E-state index contributed by atoms with van der Waals surface area (Å²) in [5.74, 6) is 5.16. The lowest BCUT2D eigenvalue weighted by Crippen LogP contribution is -2.45. The first-order valence-electron chi connectivity index (χ1n) is 16.7. The number of benzene rings is 2. The number of halogens is 1. The van der Waals surface area contributed by atoms with Crippen molar-refractivity contribution < 1.29 is 4.74 Å². The van der Waals surface area contributed by atoms with Crippen molar-refractivity contribution in [2.24, 2.45) is 0 Å². The van der Waals surface area contributed by atoms with Gasteiger partial charge in [0.2, 0.25) is 5.95 Å². The Hall–Kier alpha value is -3.09. The number of fused-ring (bicyclic) bond motifs is 1. The topological polar surface area (TPSA) is 78.4 Å². The Labute approximate surface area is 300 Å². The van der Waals surface area contributed by atoms with Crippen LogP contribution >= 0.6 is 35.6 Å². The van der Waals surface area contributed by atoms with Crippen LogP contribution in [0.5, 0.6) is 5.75 Å². The Morgan fingerprint density at radius 2 is 1.79 bits per heavy atom. The summed E-state index contributed by atoms with van der Waals surface area (Å²) in [6, 6.07) is 13.2. The van der Waals surface area contributed by atoms with Crippen LogP contribution in [-0.4, -0.2) is 78.8 Å². The van der Waals surface area contributed by atoms with Crippen molar-refractivity contribution in [3.05, 3.63) is 58.3 Å². The summed E-state index contributed by atoms with van der Waals surface area (Å²) in [7, 11) is 1.29. The molecule has 2 N–H and O–H groups in total. The minimum absolute atomic E-state index is 0.456. The number of piperidine rings is 1. The SMILES string of the molecule is CCCN(CCC)C1CCN(c2cc(C)c(Nc3ncc(Br)c(Nc4ccc5nc(C#CSC)ccc5c4P(C)C)n3)cc2OC)CC1. The van der Waals surface area contributed by atoms with Gasteiger partial charge in [-0.3, -0.25) is 0 Å². The van der Waals surface area contributed by atoms with Crippen LogP contribution in [0.15, 0.2) is 47.1 Å². The van der Waals surface area contributed by atoms with Crippen molar-refractivity contribution in [2.45, 2.75) is 52.5 Å². The highest BCUT2D eigenvalue weighted by Gasteiger charge is 2.26. The summed E-state index contributed by atoms with van der Waals surface area (Å²) in [6.45, 7) is 15.6. The van der Waals surface area contributed by atoms with Gasteiger partial charge in [0, 0.05) is 53.5 Å². The zero-order valence-corrected chi connectivity index (χ0v) is 32.5. The predicted molar refractivity (Wildman–Crippen MR) is 212 cm³/mol. The van der Waals surface area contributed by atoms with E-state index in [1.54, 1.807) is 13.3 Å². The van der Waals surface area contributed by atoms with E-state index in [1.807, 2.05) is 18.4 Å². The number of methoxy groups -OCH3 is 1. The van der Waals surface area contributed by atoms with Crippen LogP contribution in [0.3, 0.4) is 0 Å². The lowest BCUT2D eigenvalue weighted by atomic mass is 10.0. The van der Waals surface area contributed by atoms with Gasteiger partial charge in [-0.15, -0.1) is 0 Å². The summed E-state index contributed by atoms with van der Waals surface area (Å²) in [5.41, 5.74) is 5.90. The highest BCUT2D eigenvalue weighted by Crippen LogP contribution is 2.38. The smallest absolute Gasteiger partial charge is 0.229 e. The molecule has 0 spiro atoms. The van der Waals surface area contributed by atoms with Gasteiger partial charge >= 0.3 is 0 Å². The van der Waals surface area contributed by atoms with Gasteiger partial charge in [0.1, 0.15) is 17.3 Å². The summed E-state index contributed by atoms with van der Waals surface area (Å²) in [4.78, 5) is 19.5. The molecule has 1 aliphatic heterocycles. The molecule has 48 heavy (non-hydrogen) atoms. The van der Waals surface area contributed by atoms with E-state index in [-0.39, 0.29) is 0 Å². The van der Waals surface area contributed by atoms with Gasteiger partial charge in [0.15, 0.2) is 0 Å². The molecule has 8 nitrogen and oxygen atoms in total. The molecule has 0 bridgehead atoms. The Bertz CT molecular complexity index is 1780. The fourth-order valence-corrected chi connectivity index (χ4v) is 8.23. The molecule has 11 heteroatoms. The van der Waals surface area contributed by atoms with Crippen LogP contribution < -0.4 is 25.6 Å². The number of thioether (sulfide) groups is 1. The molecule has 1 aliphatic rings. The first-order valence-corrected chi connectivity index (χ1v) is 20.9. The second-order valence-corrected chi connectivity index (χ2v) is 16.0. The zero-order chi connectivity index (χ0) is 34.2. The summed E-state index contributed by atoms with van der Waals surface area (Å²) in [6.07, 6.45) is 8.50. The third kappa shape index (κ3) is 8.55. The maximum absolute atomic E-state index is 5.94. The standard InChI is InChI=1S/C37H47BrN7OPS/c1-8-17-44(18-9-2)27-14-19-45(20-15-27)33-22-25(3)32(23-34(33)46-4)42-37-39-24-29(38)36(43-37)41-31-13-12-30-28(35(31)47(5)6)11-10-26(40-30)16-21-48-7/h10-13,22-24,27H,8-9,14-15,17-20H2,1-7H3,(H2,39,41,42,43). The van der Waals surface area contributed by atoms with Gasteiger partial charge < -0.3 is 25.2 Å². The van der Waals surface area contributed by atoms with E-state index in [2.05, 4.69) is 111 Å². The van der Waals surface area contributed by atoms with Gasteiger partial charge in [-0.2, -0.15) is 4.98 Å². The first-order chi connectivity index (χ1) is 23.3. The van der Waals surface area contributed by atoms with E-state index in [4.69, 9.17) is 14.7 Å². The fourth-order valence-electron chi connectivity index (χ4n) is 6.45. The fraction of sp³-hybridized carbons (Fsp3) is 0.432. The minimum Gasteiger partial charge on any atom is -0.495 e. The molecule has 2 aromatic heterocycles. The second-order valence-electron chi connectivity index (χ2n) is 12.3. The van der Waals surface area contributed by atoms with Crippen LogP contribution in [0.1, 0.15) is 50.8 Å². The van der Waals surface area contributed by atoms with Crippen molar-refractivity contribution >= 4 is 80.6 Å². The minimum atomic E-state index is -0.456. The van der Waals surface area contributed by atoms with Crippen LogP contribution in [0, 0.1) is 18.1 Å². The van der Waals surface area contributed by atoms with Crippen molar-refractivity contribution in [2.75, 3.05) is 68.4 Å². The molecule has 0 amide bonds. The third-order valence-corrected chi connectivity index (χ3v) is 10.9. The van der Waals surface area contributed by atoms with E-state index >= 15 is 0 Å². The Kier molecular flexibility index (Phi) is 12.8. The predicted octanol–water partition coefficient (Wildman–Crippen LogP) is 8.72. The van der Waals surface area contributed by atoms with E-state index in [0.717, 1.165) is 62.5 Å². The first kappa shape index (κ1) is 36.2. The molecule has 0 atom stereocenters. The number of aryl methyl sites for hydroxylation is 1. The van der Waals surface area contributed by atoms with E-state index in [0.29, 0.717) is 17.8 Å². The number of nitrogens with one attached hydrogen (secondary N) is 2. The maximum Gasteiger partial charge on any atom is 0.229 e. The van der Waals surface area contributed by atoms with Gasteiger partial charge in [0.05, 0.1) is 22.8 Å². The van der Waals surface area contributed by atoms with Crippen LogP contribution in [-0.2, 0) is 0 Å². The molecule has 0 radical (unpaired) electrons. The zero-order valence-electron chi connectivity index (χ0n) is 29.2. The highest BCUT2D eigenvalue weighted by atomic mass is 79.9. The van der Waals surface area contributed by atoms with Gasteiger partial charge in [-0.25, -0.2) is 9.97 Å². The molecule has 1 saturated heterocycles. The van der Waals surface area contributed by atoms with Gasteiger partial charge in [-0.05, 0) is 128 Å². The van der Waals surface area contributed by atoms with Crippen molar-refractivity contribution in [1.82, 2.24) is 19.9 Å². The molecule has 5 rings (SSSR count). The van der Waals surface area contributed by atoms with Gasteiger partial charge in [-0.1, -0.05) is 33.5 Å². The molecule has 4 aromatic rings. The molecular formula is C37H47BrN7OPS. The Balaban J connectivity index is 1.36. The molecule has 0 saturated carbocycles.